The second kappa shape index (κ2) is 11.2. The molecule has 0 saturated carbocycles. The van der Waals surface area contributed by atoms with Crippen molar-refractivity contribution in [3.8, 4) is 0 Å². The number of piperazine rings is 1. The highest BCUT2D eigenvalue weighted by Gasteiger charge is 2.29. The van der Waals surface area contributed by atoms with Crippen molar-refractivity contribution in [1.82, 2.24) is 20.3 Å². The van der Waals surface area contributed by atoms with Gasteiger partial charge >= 0.3 is 0 Å². The van der Waals surface area contributed by atoms with E-state index in [0.717, 1.165) is 4.31 Å². The quantitative estimate of drug-likeness (QED) is 0.450. The summed E-state index contributed by atoms with van der Waals surface area (Å²) < 4.78 is 31.3. The van der Waals surface area contributed by atoms with Gasteiger partial charge in [-0.1, -0.05) is 6.07 Å². The van der Waals surface area contributed by atoms with E-state index in [1.165, 1.54) is 18.2 Å². The zero-order chi connectivity index (χ0) is 19.0. The highest BCUT2D eigenvalue weighted by Crippen LogP contribution is 2.17. The highest BCUT2D eigenvalue weighted by molar-refractivity contribution is 7.89. The Hall–Kier alpha value is -1.72. The van der Waals surface area contributed by atoms with E-state index in [1.54, 1.807) is 13.2 Å². The van der Waals surface area contributed by atoms with Crippen LogP contribution in [0.4, 0.5) is 0 Å². The van der Waals surface area contributed by atoms with Gasteiger partial charge < -0.3 is 20.7 Å². The van der Waals surface area contributed by atoms with Crippen molar-refractivity contribution in [3.05, 3.63) is 29.8 Å². The van der Waals surface area contributed by atoms with Crippen LogP contribution in [-0.4, -0.2) is 77.5 Å². The summed E-state index contributed by atoms with van der Waals surface area (Å²) in [5, 5.41) is 8.41. The van der Waals surface area contributed by atoms with Crippen molar-refractivity contribution >= 4 is 34.2 Å². The van der Waals surface area contributed by atoms with Gasteiger partial charge in [0.25, 0.3) is 5.91 Å². The molecule has 9 nitrogen and oxygen atoms in total. The molecular formula is C16H25ClN4O5S. The number of halogens is 1. The molecule has 1 aromatic carbocycles. The second-order valence-electron chi connectivity index (χ2n) is 5.72. The fourth-order valence-corrected chi connectivity index (χ4v) is 3.88. The summed E-state index contributed by atoms with van der Waals surface area (Å²) in [6, 6.07) is 5.82. The summed E-state index contributed by atoms with van der Waals surface area (Å²) in [5.41, 5.74) is 0.254. The van der Waals surface area contributed by atoms with Crippen LogP contribution < -0.4 is 16.0 Å². The lowest BCUT2D eigenvalue weighted by Crippen LogP contribution is -2.49. The molecule has 3 N–H and O–H groups in total. The molecule has 2 amide bonds. The van der Waals surface area contributed by atoms with E-state index in [4.69, 9.17) is 4.74 Å². The van der Waals surface area contributed by atoms with Crippen LogP contribution in [0, 0.1) is 0 Å². The molecule has 0 bridgehead atoms. The summed E-state index contributed by atoms with van der Waals surface area (Å²) in [6.45, 7) is 2.52. The van der Waals surface area contributed by atoms with E-state index < -0.39 is 10.0 Å². The van der Waals surface area contributed by atoms with Gasteiger partial charge in [-0.25, -0.2) is 8.42 Å². The van der Waals surface area contributed by atoms with Gasteiger partial charge in [-0.2, -0.15) is 4.31 Å². The van der Waals surface area contributed by atoms with E-state index in [2.05, 4.69) is 16.0 Å². The van der Waals surface area contributed by atoms with Crippen LogP contribution in [-0.2, 0) is 19.6 Å². The van der Waals surface area contributed by atoms with Gasteiger partial charge in [0.15, 0.2) is 0 Å². The molecule has 152 valence electrons. The fraction of sp³-hybridized carbons (Fsp3) is 0.500. The Bertz CT molecular complexity index is 744. The van der Waals surface area contributed by atoms with E-state index >= 15 is 0 Å². The number of methoxy groups -OCH3 is 1. The van der Waals surface area contributed by atoms with Crippen LogP contribution in [0.25, 0.3) is 0 Å². The Kier molecular flexibility index (Phi) is 9.67. The maximum absolute atomic E-state index is 12.7. The van der Waals surface area contributed by atoms with Crippen molar-refractivity contribution < 1.29 is 22.7 Å². The first-order chi connectivity index (χ1) is 12.4. The Morgan fingerprint density at radius 2 is 2.07 bits per heavy atom. The SMILES string of the molecule is COCCNCCNC(=O)c1cccc(S(=O)(=O)N2CCNC(=O)C2)c1.Cl. The van der Waals surface area contributed by atoms with Gasteiger partial charge in [0.2, 0.25) is 15.9 Å². The highest BCUT2D eigenvalue weighted by atomic mass is 35.5. The van der Waals surface area contributed by atoms with Crippen molar-refractivity contribution in [2.45, 2.75) is 4.90 Å². The number of nitrogens with zero attached hydrogens (tertiary/aromatic N) is 1. The lowest BCUT2D eigenvalue weighted by Gasteiger charge is -2.26. The summed E-state index contributed by atoms with van der Waals surface area (Å²) in [7, 11) is -2.21. The molecule has 11 heteroatoms. The van der Waals surface area contributed by atoms with Gasteiger partial charge in [-0.3, -0.25) is 9.59 Å². The summed E-state index contributed by atoms with van der Waals surface area (Å²) in [5.74, 6) is -0.693. The average molecular weight is 421 g/mol. The Labute approximate surface area is 165 Å². The molecule has 1 fully saturated rings. The van der Waals surface area contributed by atoms with Crippen LogP contribution in [0.2, 0.25) is 0 Å². The third kappa shape index (κ3) is 6.74. The molecule has 1 aliphatic heterocycles. The summed E-state index contributed by atoms with van der Waals surface area (Å²) in [4.78, 5) is 23.6. The summed E-state index contributed by atoms with van der Waals surface area (Å²) >= 11 is 0. The number of ether oxygens (including phenoxy) is 1. The molecule has 1 heterocycles. The molecule has 0 atom stereocenters. The third-order valence-electron chi connectivity index (χ3n) is 3.81. The third-order valence-corrected chi connectivity index (χ3v) is 5.65. The zero-order valence-corrected chi connectivity index (χ0v) is 16.7. The number of hydrogen-bond acceptors (Lipinski definition) is 6. The number of carbonyl (C=O) groups excluding carboxylic acids is 2. The molecule has 1 saturated heterocycles. The number of nitrogens with one attached hydrogen (secondary N) is 3. The topological polar surface area (TPSA) is 117 Å². The number of hydrogen-bond donors (Lipinski definition) is 3. The van der Waals surface area contributed by atoms with Gasteiger partial charge in [-0.05, 0) is 18.2 Å². The molecule has 0 aliphatic carbocycles. The van der Waals surface area contributed by atoms with Crippen molar-refractivity contribution in [1.29, 1.82) is 0 Å². The number of benzene rings is 1. The maximum atomic E-state index is 12.7. The Balaban J connectivity index is 0.00000364. The molecular weight excluding hydrogens is 396 g/mol. The molecule has 0 radical (unpaired) electrons. The van der Waals surface area contributed by atoms with Crippen LogP contribution >= 0.6 is 12.4 Å². The molecule has 0 unspecified atom stereocenters. The minimum absolute atomic E-state index is 0. The van der Waals surface area contributed by atoms with Crippen LogP contribution in [0.15, 0.2) is 29.2 Å². The van der Waals surface area contributed by atoms with Crippen molar-refractivity contribution in [2.24, 2.45) is 0 Å². The van der Waals surface area contributed by atoms with E-state index in [9.17, 15) is 18.0 Å². The van der Waals surface area contributed by atoms with Gasteiger partial charge in [0, 0.05) is 45.4 Å². The molecule has 27 heavy (non-hydrogen) atoms. The van der Waals surface area contributed by atoms with Crippen LogP contribution in [0.5, 0.6) is 0 Å². The normalized spacial score (nSPS) is 14.9. The molecule has 0 aromatic heterocycles. The van der Waals surface area contributed by atoms with Crippen LogP contribution in [0.1, 0.15) is 10.4 Å². The van der Waals surface area contributed by atoms with Crippen molar-refractivity contribution in [3.63, 3.8) is 0 Å². The van der Waals surface area contributed by atoms with E-state index in [1.807, 2.05) is 0 Å². The van der Waals surface area contributed by atoms with Gasteiger partial charge in [-0.15, -0.1) is 12.4 Å². The number of rotatable bonds is 9. The Morgan fingerprint density at radius 3 is 2.78 bits per heavy atom. The molecule has 1 aromatic rings. The average Bonchev–Trinajstić information content (AvgIpc) is 2.64. The lowest BCUT2D eigenvalue weighted by atomic mass is 10.2. The zero-order valence-electron chi connectivity index (χ0n) is 15.1. The summed E-state index contributed by atoms with van der Waals surface area (Å²) in [6.07, 6.45) is 0. The largest absolute Gasteiger partial charge is 0.383 e. The smallest absolute Gasteiger partial charge is 0.251 e. The first-order valence-electron chi connectivity index (χ1n) is 8.30. The molecule has 0 spiro atoms. The van der Waals surface area contributed by atoms with E-state index in [-0.39, 0.29) is 54.3 Å². The maximum Gasteiger partial charge on any atom is 0.251 e. The monoisotopic (exact) mass is 420 g/mol. The molecule has 2 rings (SSSR count). The standard InChI is InChI=1S/C16H24N4O5S.ClH/c1-25-10-8-17-5-6-19-16(22)13-3-2-4-14(11-13)26(23,24)20-9-7-18-15(21)12-20;/h2-4,11,17H,5-10,12H2,1H3,(H,18,21)(H,19,22);1H. The predicted molar refractivity (Wildman–Crippen MR) is 103 cm³/mol. The number of amides is 2. The van der Waals surface area contributed by atoms with E-state index in [0.29, 0.717) is 26.2 Å². The Morgan fingerprint density at radius 1 is 1.30 bits per heavy atom. The second-order valence-corrected chi connectivity index (χ2v) is 7.65. The minimum Gasteiger partial charge on any atom is -0.383 e. The fourth-order valence-electron chi connectivity index (χ4n) is 2.43. The van der Waals surface area contributed by atoms with Crippen molar-refractivity contribution in [2.75, 3.05) is 53.0 Å². The number of carbonyl (C=O) groups is 2. The van der Waals surface area contributed by atoms with Crippen LogP contribution in [0.3, 0.4) is 0 Å². The lowest BCUT2D eigenvalue weighted by molar-refractivity contribution is -0.122. The number of sulfonamides is 1. The first kappa shape index (κ1) is 23.3. The van der Waals surface area contributed by atoms with Gasteiger partial charge in [0.05, 0.1) is 18.0 Å². The first-order valence-corrected chi connectivity index (χ1v) is 9.74. The van der Waals surface area contributed by atoms with Gasteiger partial charge in [0.1, 0.15) is 0 Å². The minimum atomic E-state index is -3.82. The molecule has 1 aliphatic rings. The predicted octanol–water partition coefficient (Wildman–Crippen LogP) is -0.805.